The van der Waals surface area contributed by atoms with Crippen molar-refractivity contribution >= 4 is 11.7 Å². The Bertz CT molecular complexity index is 984. The number of carbonyl (C=O) groups is 1. The molecule has 0 spiro atoms. The number of aromatic nitrogens is 4. The largest absolute Gasteiger partial charge is 0.363 e. The molecule has 0 radical (unpaired) electrons. The number of primary amides is 1. The van der Waals surface area contributed by atoms with Gasteiger partial charge in [-0.1, -0.05) is 5.16 Å². The summed E-state index contributed by atoms with van der Waals surface area (Å²) in [6.07, 6.45) is 4.15. The summed E-state index contributed by atoms with van der Waals surface area (Å²) in [7, 11) is 1.86. The third-order valence-corrected chi connectivity index (χ3v) is 5.03. The summed E-state index contributed by atoms with van der Waals surface area (Å²) in [4.78, 5) is 17.3. The van der Waals surface area contributed by atoms with Gasteiger partial charge in [-0.3, -0.25) is 9.78 Å². The molecule has 0 atom stereocenters. The molecule has 0 bridgehead atoms. The van der Waals surface area contributed by atoms with E-state index in [-0.39, 0.29) is 11.6 Å². The van der Waals surface area contributed by atoms with Crippen LogP contribution < -0.4 is 10.6 Å². The Hall–Kier alpha value is -3.36. The van der Waals surface area contributed by atoms with Crippen molar-refractivity contribution in [2.75, 3.05) is 11.9 Å². The average Bonchev–Trinajstić information content (AvgIpc) is 3.13. The molecule has 1 amide bonds. The van der Waals surface area contributed by atoms with Gasteiger partial charge in [0.05, 0.1) is 5.54 Å². The van der Waals surface area contributed by atoms with Gasteiger partial charge < -0.3 is 15.2 Å². The van der Waals surface area contributed by atoms with Crippen LogP contribution in [0.2, 0.25) is 0 Å². The highest BCUT2D eigenvalue weighted by atomic mass is 19.1. The number of anilines is 1. The molecule has 27 heavy (non-hydrogen) atoms. The van der Waals surface area contributed by atoms with Crippen LogP contribution in [0.25, 0.3) is 11.4 Å². The summed E-state index contributed by atoms with van der Waals surface area (Å²) >= 11 is 0. The zero-order chi connectivity index (χ0) is 19.0. The summed E-state index contributed by atoms with van der Waals surface area (Å²) < 4.78 is 19.2. The van der Waals surface area contributed by atoms with E-state index in [1.165, 1.54) is 12.1 Å². The molecule has 0 unspecified atom stereocenters. The lowest BCUT2D eigenvalue weighted by molar-refractivity contribution is 0.0965. The number of amides is 1. The Morgan fingerprint density at radius 3 is 2.63 bits per heavy atom. The van der Waals surface area contributed by atoms with Gasteiger partial charge in [0.15, 0.2) is 5.82 Å². The summed E-state index contributed by atoms with van der Waals surface area (Å²) in [5.41, 5.74) is 5.84. The first-order valence-electron chi connectivity index (χ1n) is 8.47. The first-order chi connectivity index (χ1) is 13.0. The van der Waals surface area contributed by atoms with Crippen LogP contribution in [-0.2, 0) is 5.54 Å². The Morgan fingerprint density at radius 2 is 2.07 bits per heavy atom. The topological polar surface area (TPSA) is 111 Å². The van der Waals surface area contributed by atoms with Crippen LogP contribution in [-0.4, -0.2) is 33.3 Å². The zero-order valence-electron chi connectivity index (χ0n) is 14.6. The molecule has 9 heteroatoms. The second kappa shape index (κ2) is 6.42. The lowest BCUT2D eigenvalue weighted by Gasteiger charge is -2.48. The minimum Gasteiger partial charge on any atom is -0.363 e. The van der Waals surface area contributed by atoms with E-state index in [0.29, 0.717) is 22.9 Å². The lowest BCUT2D eigenvalue weighted by Crippen LogP contribution is -2.51. The molecule has 138 valence electrons. The number of rotatable bonds is 5. The first-order valence-corrected chi connectivity index (χ1v) is 8.47. The average molecular weight is 368 g/mol. The van der Waals surface area contributed by atoms with E-state index in [9.17, 15) is 9.18 Å². The molecule has 3 heterocycles. The smallest absolute Gasteiger partial charge is 0.287 e. The molecule has 3 aromatic heterocycles. The Kier molecular flexibility index (Phi) is 4.06. The van der Waals surface area contributed by atoms with Gasteiger partial charge in [0.1, 0.15) is 22.9 Å². The van der Waals surface area contributed by atoms with E-state index in [4.69, 9.17) is 10.3 Å². The molecule has 0 aromatic carbocycles. The van der Waals surface area contributed by atoms with E-state index in [0.717, 1.165) is 19.3 Å². The Balaban J connectivity index is 1.63. The van der Waals surface area contributed by atoms with E-state index in [2.05, 4.69) is 20.3 Å². The van der Waals surface area contributed by atoms with E-state index >= 15 is 0 Å². The zero-order valence-corrected chi connectivity index (χ0v) is 14.6. The van der Waals surface area contributed by atoms with Gasteiger partial charge in [-0.05, 0) is 43.5 Å². The fourth-order valence-electron chi connectivity index (χ4n) is 3.34. The Morgan fingerprint density at radius 1 is 1.26 bits per heavy atom. The minimum atomic E-state index is -0.706. The van der Waals surface area contributed by atoms with Gasteiger partial charge >= 0.3 is 0 Å². The molecule has 4 rings (SSSR count). The number of hydrogen-bond donors (Lipinski definition) is 1. The SMILES string of the molecule is CN(c1ccc(-c2cc(C(N)=O)on2)nn1)C1(c2ncccc2F)CCC1. The highest BCUT2D eigenvalue weighted by Gasteiger charge is 2.46. The first kappa shape index (κ1) is 17.1. The molecule has 8 nitrogen and oxygen atoms in total. The van der Waals surface area contributed by atoms with E-state index in [1.807, 2.05) is 11.9 Å². The van der Waals surface area contributed by atoms with Gasteiger partial charge in [0, 0.05) is 19.3 Å². The molecular formula is C18H17FN6O2. The van der Waals surface area contributed by atoms with Crippen molar-refractivity contribution in [3.8, 4) is 11.4 Å². The van der Waals surface area contributed by atoms with Crippen LogP contribution in [0.15, 0.2) is 41.1 Å². The number of nitrogens with two attached hydrogens (primary N) is 1. The van der Waals surface area contributed by atoms with Crippen LogP contribution in [0.3, 0.4) is 0 Å². The van der Waals surface area contributed by atoms with Crippen molar-refractivity contribution in [3.63, 3.8) is 0 Å². The monoisotopic (exact) mass is 368 g/mol. The van der Waals surface area contributed by atoms with Crippen molar-refractivity contribution < 1.29 is 13.7 Å². The lowest BCUT2D eigenvalue weighted by atomic mass is 9.72. The molecule has 1 aliphatic rings. The second-order valence-electron chi connectivity index (χ2n) is 6.50. The molecular weight excluding hydrogens is 351 g/mol. The van der Waals surface area contributed by atoms with Crippen molar-refractivity contribution in [1.29, 1.82) is 0 Å². The second-order valence-corrected chi connectivity index (χ2v) is 6.50. The fourth-order valence-corrected chi connectivity index (χ4v) is 3.34. The van der Waals surface area contributed by atoms with E-state index in [1.54, 1.807) is 24.4 Å². The third kappa shape index (κ3) is 2.80. The molecule has 3 aromatic rings. The van der Waals surface area contributed by atoms with Crippen LogP contribution in [0.4, 0.5) is 10.2 Å². The molecule has 2 N–H and O–H groups in total. The highest BCUT2D eigenvalue weighted by Crippen LogP contribution is 2.47. The van der Waals surface area contributed by atoms with Crippen molar-refractivity contribution in [2.24, 2.45) is 5.73 Å². The van der Waals surface area contributed by atoms with Gasteiger partial charge in [-0.15, -0.1) is 10.2 Å². The summed E-state index contributed by atoms with van der Waals surface area (Å²) in [6, 6.07) is 7.89. The minimum absolute atomic E-state index is 0.0490. The van der Waals surface area contributed by atoms with Gasteiger partial charge in [-0.25, -0.2) is 4.39 Å². The third-order valence-electron chi connectivity index (χ3n) is 5.03. The molecule has 1 aliphatic carbocycles. The normalized spacial score (nSPS) is 15.2. The number of halogens is 1. The molecule has 0 saturated heterocycles. The molecule has 0 aliphatic heterocycles. The number of carbonyl (C=O) groups excluding carboxylic acids is 1. The summed E-state index contributed by atoms with van der Waals surface area (Å²) in [5.74, 6) is -0.494. The molecule has 1 fully saturated rings. The van der Waals surface area contributed by atoms with Crippen LogP contribution in [0, 0.1) is 5.82 Å². The standard InChI is InChI=1S/C18H17FN6O2/c1-25(18(7-3-8-18)16-11(19)4-2-9-21-16)15-6-5-12(22-23-15)13-10-14(17(20)26)27-24-13/h2,4-6,9-10H,3,7-8H2,1H3,(H2,20,26). The Labute approximate surface area is 154 Å². The number of hydrogen-bond acceptors (Lipinski definition) is 7. The van der Waals surface area contributed by atoms with Crippen molar-refractivity contribution in [2.45, 2.75) is 24.8 Å². The van der Waals surface area contributed by atoms with Gasteiger partial charge in [0.2, 0.25) is 5.76 Å². The summed E-state index contributed by atoms with van der Waals surface area (Å²) in [5, 5.41) is 12.2. The van der Waals surface area contributed by atoms with Gasteiger partial charge in [-0.2, -0.15) is 0 Å². The fraction of sp³-hybridized carbons (Fsp3) is 0.278. The van der Waals surface area contributed by atoms with Gasteiger partial charge in [0.25, 0.3) is 5.91 Å². The maximum absolute atomic E-state index is 14.4. The maximum Gasteiger partial charge on any atom is 0.287 e. The predicted octanol–water partition coefficient (Wildman–Crippen LogP) is 2.28. The number of nitrogens with zero attached hydrogens (tertiary/aromatic N) is 5. The van der Waals surface area contributed by atoms with Crippen molar-refractivity contribution in [3.05, 3.63) is 53.8 Å². The molecule has 1 saturated carbocycles. The highest BCUT2D eigenvalue weighted by molar-refractivity contribution is 5.90. The maximum atomic E-state index is 14.4. The summed E-state index contributed by atoms with van der Waals surface area (Å²) in [6.45, 7) is 0. The van der Waals surface area contributed by atoms with Crippen LogP contribution in [0.5, 0.6) is 0 Å². The van der Waals surface area contributed by atoms with Crippen molar-refractivity contribution in [1.82, 2.24) is 20.3 Å². The van der Waals surface area contributed by atoms with E-state index < -0.39 is 11.4 Å². The quantitative estimate of drug-likeness (QED) is 0.735. The van der Waals surface area contributed by atoms with Crippen LogP contribution in [0.1, 0.15) is 35.5 Å². The van der Waals surface area contributed by atoms with Crippen LogP contribution >= 0.6 is 0 Å². The number of pyridine rings is 1. The predicted molar refractivity (Wildman–Crippen MR) is 94.2 cm³/mol.